The molecule has 3 rings (SSSR count). The van der Waals surface area contributed by atoms with Crippen LogP contribution in [0.25, 0.3) is 10.2 Å². The van der Waals surface area contributed by atoms with Gasteiger partial charge < -0.3 is 15.0 Å². The van der Waals surface area contributed by atoms with E-state index in [9.17, 15) is 9.59 Å². The topological polar surface area (TPSA) is 84.1 Å². The standard InChI is InChI=1S/C17H23N3O3S2/c1-23-8-3-2-7-18-14(21)10-24-9-13-19-16(22)15-11-5-4-6-12(11)25-17(15)20-13/h2-10H2,1H3,(H,18,21)(H,19,20,22). The van der Waals surface area contributed by atoms with Crippen molar-refractivity contribution in [2.45, 2.75) is 37.9 Å². The summed E-state index contributed by atoms with van der Waals surface area (Å²) in [5.41, 5.74) is 1.16. The van der Waals surface area contributed by atoms with E-state index in [1.165, 1.54) is 22.2 Å². The van der Waals surface area contributed by atoms with Crippen LogP contribution in [0.5, 0.6) is 0 Å². The number of rotatable bonds is 9. The number of aromatic amines is 1. The summed E-state index contributed by atoms with van der Waals surface area (Å²) in [5.74, 6) is 1.56. The lowest BCUT2D eigenvalue weighted by atomic mass is 10.2. The third kappa shape index (κ3) is 4.62. The highest BCUT2D eigenvalue weighted by Crippen LogP contribution is 2.34. The number of aromatic nitrogens is 2. The Kier molecular flexibility index (Phi) is 6.50. The van der Waals surface area contributed by atoms with E-state index in [2.05, 4.69) is 15.3 Å². The van der Waals surface area contributed by atoms with Crippen molar-refractivity contribution in [1.29, 1.82) is 0 Å². The predicted octanol–water partition coefficient (Wildman–Crippen LogP) is 2.25. The molecule has 0 radical (unpaired) electrons. The SMILES string of the molecule is COCCCCNC(=O)CSCc1nc2sc3c(c2c(=O)[nH]1)CCC3. The predicted molar refractivity (Wildman–Crippen MR) is 103 cm³/mol. The van der Waals surface area contributed by atoms with E-state index < -0.39 is 0 Å². The van der Waals surface area contributed by atoms with Gasteiger partial charge in [-0.15, -0.1) is 23.1 Å². The first-order valence-corrected chi connectivity index (χ1v) is 10.5. The van der Waals surface area contributed by atoms with Crippen LogP contribution in [0.15, 0.2) is 4.79 Å². The largest absolute Gasteiger partial charge is 0.385 e. The third-order valence-electron chi connectivity index (χ3n) is 4.19. The lowest BCUT2D eigenvalue weighted by molar-refractivity contribution is -0.118. The molecule has 0 fully saturated rings. The summed E-state index contributed by atoms with van der Waals surface area (Å²) < 4.78 is 4.97. The first kappa shape index (κ1) is 18.4. The highest BCUT2D eigenvalue weighted by atomic mass is 32.2. The number of carbonyl (C=O) groups excluding carboxylic acids is 1. The van der Waals surface area contributed by atoms with Crippen LogP contribution in [0.2, 0.25) is 0 Å². The van der Waals surface area contributed by atoms with Gasteiger partial charge in [0.1, 0.15) is 10.7 Å². The van der Waals surface area contributed by atoms with Crippen molar-refractivity contribution in [3.63, 3.8) is 0 Å². The fourth-order valence-electron chi connectivity index (χ4n) is 3.01. The Morgan fingerprint density at radius 3 is 3.12 bits per heavy atom. The summed E-state index contributed by atoms with van der Waals surface area (Å²) in [6, 6.07) is 0. The van der Waals surface area contributed by atoms with E-state index in [0.717, 1.165) is 48.9 Å². The Balaban J connectivity index is 1.49. The van der Waals surface area contributed by atoms with Crippen molar-refractivity contribution in [1.82, 2.24) is 15.3 Å². The highest BCUT2D eigenvalue weighted by Gasteiger charge is 2.21. The number of hydrogen-bond acceptors (Lipinski definition) is 6. The summed E-state index contributed by atoms with van der Waals surface area (Å²) in [6.07, 6.45) is 5.04. The normalized spacial score (nSPS) is 13.3. The summed E-state index contributed by atoms with van der Waals surface area (Å²) in [4.78, 5) is 33.8. The highest BCUT2D eigenvalue weighted by molar-refractivity contribution is 7.99. The lowest BCUT2D eigenvalue weighted by Gasteiger charge is -2.05. The molecule has 2 aromatic rings. The van der Waals surface area contributed by atoms with Crippen LogP contribution in [0.1, 0.15) is 35.5 Å². The Morgan fingerprint density at radius 1 is 1.40 bits per heavy atom. The van der Waals surface area contributed by atoms with Gasteiger partial charge in [-0.3, -0.25) is 9.59 Å². The number of nitrogens with zero attached hydrogens (tertiary/aromatic N) is 1. The Bertz CT molecular complexity index is 800. The molecule has 1 amide bonds. The zero-order valence-electron chi connectivity index (χ0n) is 14.4. The maximum Gasteiger partial charge on any atom is 0.259 e. The average Bonchev–Trinajstić information content (AvgIpc) is 3.15. The molecular weight excluding hydrogens is 358 g/mol. The molecule has 1 aliphatic rings. The monoisotopic (exact) mass is 381 g/mol. The van der Waals surface area contributed by atoms with Gasteiger partial charge in [0.15, 0.2) is 0 Å². The van der Waals surface area contributed by atoms with Gasteiger partial charge in [0.25, 0.3) is 5.56 Å². The van der Waals surface area contributed by atoms with Gasteiger partial charge in [-0.05, 0) is 37.7 Å². The second-order valence-electron chi connectivity index (χ2n) is 6.09. The number of aryl methyl sites for hydroxylation is 2. The van der Waals surface area contributed by atoms with Crippen LogP contribution in [-0.4, -0.2) is 41.9 Å². The van der Waals surface area contributed by atoms with Crippen molar-refractivity contribution in [3.8, 4) is 0 Å². The molecular formula is C17H23N3O3S2. The second kappa shape index (κ2) is 8.82. The van der Waals surface area contributed by atoms with Crippen molar-refractivity contribution in [3.05, 3.63) is 26.6 Å². The fourth-order valence-corrected chi connectivity index (χ4v) is 5.01. The summed E-state index contributed by atoms with van der Waals surface area (Å²) >= 11 is 3.11. The van der Waals surface area contributed by atoms with Crippen molar-refractivity contribution < 1.29 is 9.53 Å². The average molecular weight is 382 g/mol. The molecule has 0 spiro atoms. The second-order valence-corrected chi connectivity index (χ2v) is 8.16. The Hall–Kier alpha value is -1.38. The van der Waals surface area contributed by atoms with Crippen LogP contribution >= 0.6 is 23.1 Å². The number of thiophene rings is 1. The zero-order valence-corrected chi connectivity index (χ0v) is 16.0. The van der Waals surface area contributed by atoms with Crippen LogP contribution in [-0.2, 0) is 28.1 Å². The smallest absolute Gasteiger partial charge is 0.259 e. The first-order valence-electron chi connectivity index (χ1n) is 8.56. The van der Waals surface area contributed by atoms with Gasteiger partial charge in [-0.1, -0.05) is 0 Å². The minimum Gasteiger partial charge on any atom is -0.385 e. The molecule has 0 saturated carbocycles. The minimum absolute atomic E-state index is 0.0148. The van der Waals surface area contributed by atoms with Crippen LogP contribution in [0.4, 0.5) is 0 Å². The first-order chi connectivity index (χ1) is 12.2. The molecule has 0 atom stereocenters. The van der Waals surface area contributed by atoms with Gasteiger partial charge in [0.2, 0.25) is 5.91 Å². The maximum absolute atomic E-state index is 12.4. The van der Waals surface area contributed by atoms with E-state index in [0.29, 0.717) is 23.9 Å². The molecule has 2 heterocycles. The van der Waals surface area contributed by atoms with Crippen LogP contribution in [0.3, 0.4) is 0 Å². The number of nitrogens with one attached hydrogen (secondary N) is 2. The van der Waals surface area contributed by atoms with E-state index >= 15 is 0 Å². The number of amides is 1. The van der Waals surface area contributed by atoms with Crippen molar-refractivity contribution in [2.24, 2.45) is 0 Å². The molecule has 1 aliphatic carbocycles. The van der Waals surface area contributed by atoms with Gasteiger partial charge in [-0.25, -0.2) is 4.98 Å². The minimum atomic E-state index is -0.0393. The number of hydrogen-bond donors (Lipinski definition) is 2. The molecule has 6 nitrogen and oxygen atoms in total. The van der Waals surface area contributed by atoms with Crippen LogP contribution in [0, 0.1) is 0 Å². The lowest BCUT2D eigenvalue weighted by Crippen LogP contribution is -2.26. The molecule has 2 aromatic heterocycles. The fraction of sp³-hybridized carbons (Fsp3) is 0.588. The molecule has 0 saturated heterocycles. The maximum atomic E-state index is 12.4. The van der Waals surface area contributed by atoms with Gasteiger partial charge >= 0.3 is 0 Å². The van der Waals surface area contributed by atoms with Gasteiger partial charge in [-0.2, -0.15) is 0 Å². The zero-order chi connectivity index (χ0) is 17.6. The molecule has 0 unspecified atom stereocenters. The summed E-state index contributed by atoms with van der Waals surface area (Å²) in [6.45, 7) is 1.39. The quantitative estimate of drug-likeness (QED) is 0.651. The van der Waals surface area contributed by atoms with Crippen molar-refractivity contribution in [2.75, 3.05) is 26.0 Å². The van der Waals surface area contributed by atoms with E-state index in [1.54, 1.807) is 18.4 Å². The molecule has 2 N–H and O–H groups in total. The number of H-pyrrole nitrogens is 1. The summed E-state index contributed by atoms with van der Waals surface area (Å²) in [5, 5.41) is 3.67. The van der Waals surface area contributed by atoms with E-state index in [-0.39, 0.29) is 11.5 Å². The molecule has 0 aromatic carbocycles. The van der Waals surface area contributed by atoms with E-state index in [4.69, 9.17) is 4.74 Å². The van der Waals surface area contributed by atoms with E-state index in [1.807, 2.05) is 0 Å². The molecule has 136 valence electrons. The number of thioether (sulfide) groups is 1. The Labute approximate surface area is 154 Å². The molecule has 8 heteroatoms. The van der Waals surface area contributed by atoms with Gasteiger partial charge in [0, 0.05) is 25.1 Å². The molecule has 25 heavy (non-hydrogen) atoms. The molecule has 0 bridgehead atoms. The third-order valence-corrected chi connectivity index (χ3v) is 6.32. The Morgan fingerprint density at radius 2 is 2.28 bits per heavy atom. The number of fused-ring (bicyclic) bond motifs is 3. The summed E-state index contributed by atoms with van der Waals surface area (Å²) in [7, 11) is 1.68. The number of ether oxygens (including phenoxy) is 1. The number of methoxy groups -OCH3 is 1. The van der Waals surface area contributed by atoms with Crippen molar-refractivity contribution >= 4 is 39.2 Å². The number of carbonyl (C=O) groups is 1. The number of unbranched alkanes of at least 4 members (excludes halogenated alkanes) is 1. The van der Waals surface area contributed by atoms with Crippen LogP contribution < -0.4 is 10.9 Å². The molecule has 0 aliphatic heterocycles. The van der Waals surface area contributed by atoms with Gasteiger partial charge in [0.05, 0.1) is 16.9 Å².